The van der Waals surface area contributed by atoms with Gasteiger partial charge in [-0.25, -0.2) is 0 Å². The van der Waals surface area contributed by atoms with E-state index in [-0.39, 0.29) is 31.1 Å². The fourth-order valence-corrected chi connectivity index (χ4v) is 9.81. The molecular formula is C76H130O6. The van der Waals surface area contributed by atoms with Crippen LogP contribution in [0.15, 0.2) is 109 Å². The van der Waals surface area contributed by atoms with Crippen LogP contribution in [-0.2, 0) is 28.6 Å². The lowest BCUT2D eigenvalue weighted by Crippen LogP contribution is -2.30. The Balaban J connectivity index is 4.22. The zero-order chi connectivity index (χ0) is 59.2. The van der Waals surface area contributed by atoms with Crippen LogP contribution in [0.4, 0.5) is 0 Å². The van der Waals surface area contributed by atoms with Gasteiger partial charge in [-0.2, -0.15) is 0 Å². The molecule has 1 atom stereocenters. The van der Waals surface area contributed by atoms with E-state index >= 15 is 0 Å². The van der Waals surface area contributed by atoms with E-state index in [0.717, 1.165) is 116 Å². The number of allylic oxidation sites excluding steroid dienone is 18. The molecule has 0 aromatic heterocycles. The highest BCUT2D eigenvalue weighted by Gasteiger charge is 2.19. The van der Waals surface area contributed by atoms with Crippen molar-refractivity contribution in [1.82, 2.24) is 0 Å². The molecule has 0 saturated heterocycles. The van der Waals surface area contributed by atoms with E-state index in [4.69, 9.17) is 14.2 Å². The lowest BCUT2D eigenvalue weighted by Gasteiger charge is -2.18. The number of hydrogen-bond acceptors (Lipinski definition) is 6. The highest BCUT2D eigenvalue weighted by molar-refractivity contribution is 5.71. The quantitative estimate of drug-likeness (QED) is 0.0261. The van der Waals surface area contributed by atoms with Gasteiger partial charge in [-0.05, 0) is 109 Å². The zero-order valence-electron chi connectivity index (χ0n) is 54.0. The molecule has 1 unspecified atom stereocenters. The second-order valence-corrected chi connectivity index (χ2v) is 23.1. The molecule has 0 aliphatic rings. The van der Waals surface area contributed by atoms with Crippen LogP contribution in [0.3, 0.4) is 0 Å². The summed E-state index contributed by atoms with van der Waals surface area (Å²) in [5, 5.41) is 0. The van der Waals surface area contributed by atoms with Gasteiger partial charge >= 0.3 is 17.9 Å². The Hall–Kier alpha value is -3.93. The SMILES string of the molecule is CC/C=C\C/C=C\C/C=C\C/C=C\C/C=C\C/C=C\C/C=C\C/C=C\CCCCCCCCCCC(=O)OCC(COC(=O)CCCCCCCCCCCC)OC(=O)CCCCCCCCCCC/C=C\CCCCCCCCCC. The van der Waals surface area contributed by atoms with E-state index in [1.165, 1.54) is 180 Å². The molecule has 0 fully saturated rings. The average molecular weight is 1140 g/mol. The van der Waals surface area contributed by atoms with Crippen molar-refractivity contribution in [3.8, 4) is 0 Å². The van der Waals surface area contributed by atoms with Gasteiger partial charge in [0.05, 0.1) is 0 Å². The first-order valence-corrected chi connectivity index (χ1v) is 34.9. The molecule has 0 spiro atoms. The normalized spacial score (nSPS) is 12.8. The summed E-state index contributed by atoms with van der Waals surface area (Å²) in [4.78, 5) is 38.3. The number of unbranched alkanes of at least 4 members (excludes halogenated alkanes) is 34. The van der Waals surface area contributed by atoms with Gasteiger partial charge in [0.15, 0.2) is 6.10 Å². The Morgan fingerprint density at radius 2 is 0.476 bits per heavy atom. The average Bonchev–Trinajstić information content (AvgIpc) is 3.48. The predicted molar refractivity (Wildman–Crippen MR) is 357 cm³/mol. The summed E-state index contributed by atoms with van der Waals surface area (Å²) in [5.74, 6) is -0.878. The number of carbonyl (C=O) groups is 3. The van der Waals surface area contributed by atoms with Crippen LogP contribution >= 0.6 is 0 Å². The van der Waals surface area contributed by atoms with Gasteiger partial charge in [-0.15, -0.1) is 0 Å². The Bertz CT molecular complexity index is 1640. The van der Waals surface area contributed by atoms with Gasteiger partial charge in [-0.3, -0.25) is 14.4 Å². The van der Waals surface area contributed by atoms with Gasteiger partial charge in [0.1, 0.15) is 13.2 Å². The van der Waals surface area contributed by atoms with Crippen LogP contribution in [0.25, 0.3) is 0 Å². The van der Waals surface area contributed by atoms with E-state index in [1.807, 2.05) is 0 Å². The van der Waals surface area contributed by atoms with Crippen molar-refractivity contribution in [3.63, 3.8) is 0 Å². The lowest BCUT2D eigenvalue weighted by molar-refractivity contribution is -0.167. The summed E-state index contributed by atoms with van der Waals surface area (Å²) < 4.78 is 16.9. The van der Waals surface area contributed by atoms with Crippen molar-refractivity contribution in [2.45, 2.75) is 341 Å². The first-order valence-electron chi connectivity index (χ1n) is 34.9. The largest absolute Gasteiger partial charge is 0.462 e. The van der Waals surface area contributed by atoms with Crippen molar-refractivity contribution in [2.75, 3.05) is 13.2 Å². The molecule has 0 heterocycles. The summed E-state index contributed by atoms with van der Waals surface area (Å²) in [7, 11) is 0. The second-order valence-electron chi connectivity index (χ2n) is 23.1. The maximum atomic E-state index is 12.9. The molecule has 0 aliphatic heterocycles. The minimum atomic E-state index is -0.782. The summed E-state index contributed by atoms with van der Waals surface area (Å²) in [6.07, 6.45) is 95.4. The molecule has 0 amide bonds. The maximum absolute atomic E-state index is 12.9. The highest BCUT2D eigenvalue weighted by atomic mass is 16.6. The van der Waals surface area contributed by atoms with Crippen LogP contribution in [0.2, 0.25) is 0 Å². The molecule has 0 bridgehead atoms. The molecule has 0 N–H and O–H groups in total. The third kappa shape index (κ3) is 66.9. The molecule has 0 aromatic carbocycles. The van der Waals surface area contributed by atoms with Crippen LogP contribution in [0, 0.1) is 0 Å². The van der Waals surface area contributed by atoms with Gasteiger partial charge in [-0.1, -0.05) is 316 Å². The fourth-order valence-electron chi connectivity index (χ4n) is 9.81. The zero-order valence-corrected chi connectivity index (χ0v) is 54.0. The van der Waals surface area contributed by atoms with E-state index in [0.29, 0.717) is 19.3 Å². The van der Waals surface area contributed by atoms with Crippen molar-refractivity contribution >= 4 is 17.9 Å². The van der Waals surface area contributed by atoms with Crippen LogP contribution in [0.5, 0.6) is 0 Å². The van der Waals surface area contributed by atoms with Gasteiger partial charge in [0.25, 0.3) is 0 Å². The summed E-state index contributed by atoms with van der Waals surface area (Å²) in [6.45, 7) is 6.54. The number of carbonyl (C=O) groups excluding carboxylic acids is 3. The van der Waals surface area contributed by atoms with E-state index in [9.17, 15) is 14.4 Å². The minimum absolute atomic E-state index is 0.0782. The fraction of sp³-hybridized carbons (Fsp3) is 0.724. The van der Waals surface area contributed by atoms with Crippen molar-refractivity contribution < 1.29 is 28.6 Å². The molecule has 6 nitrogen and oxygen atoms in total. The van der Waals surface area contributed by atoms with Gasteiger partial charge in [0.2, 0.25) is 0 Å². The van der Waals surface area contributed by atoms with E-state index < -0.39 is 6.10 Å². The molecule has 0 aliphatic carbocycles. The predicted octanol–water partition coefficient (Wildman–Crippen LogP) is 24.2. The Morgan fingerprint density at radius 3 is 0.756 bits per heavy atom. The third-order valence-corrected chi connectivity index (χ3v) is 15.0. The smallest absolute Gasteiger partial charge is 0.306 e. The van der Waals surface area contributed by atoms with Crippen molar-refractivity contribution in [1.29, 1.82) is 0 Å². The lowest BCUT2D eigenvalue weighted by atomic mass is 10.1. The molecule has 0 saturated carbocycles. The first kappa shape index (κ1) is 78.1. The number of esters is 3. The van der Waals surface area contributed by atoms with Crippen molar-refractivity contribution in [2.24, 2.45) is 0 Å². The number of hydrogen-bond donors (Lipinski definition) is 0. The standard InChI is InChI=1S/C76H130O6/c1-4-7-10-13-16-19-22-24-26-28-30-32-33-34-35-36-37-38-39-40-41-42-43-45-46-48-50-52-54-57-60-63-66-69-75(78)81-72-73(71-80-74(77)68-65-62-59-56-21-18-15-12-9-6-3)82-76(79)70-67-64-61-58-55-53-51-49-47-44-31-29-27-25-23-20-17-14-11-8-5-2/h7,10,16,19,24,26,29-32,34-35,37-38,40-41,43,45,73H,4-6,8-9,11-15,17-18,20-23,25,27-28,33,36,39,42,44,46-72H2,1-3H3/b10-7-,19-16-,26-24-,31-29-,32-30-,35-34-,38-37-,41-40-,45-43-. The second kappa shape index (κ2) is 69.6. The molecule has 470 valence electrons. The Labute approximate surface area is 508 Å². The summed E-state index contributed by atoms with van der Waals surface area (Å²) in [6, 6.07) is 0. The van der Waals surface area contributed by atoms with E-state index in [1.54, 1.807) is 0 Å². The molecule has 0 aromatic rings. The third-order valence-electron chi connectivity index (χ3n) is 15.0. The molecular weight excluding hydrogens is 1010 g/mol. The molecule has 0 rings (SSSR count). The maximum Gasteiger partial charge on any atom is 0.306 e. The Morgan fingerprint density at radius 1 is 0.256 bits per heavy atom. The van der Waals surface area contributed by atoms with Crippen LogP contribution in [-0.4, -0.2) is 37.2 Å². The van der Waals surface area contributed by atoms with Crippen molar-refractivity contribution in [3.05, 3.63) is 109 Å². The Kier molecular flexibility index (Phi) is 66.2. The van der Waals surface area contributed by atoms with Gasteiger partial charge in [0, 0.05) is 19.3 Å². The molecule has 6 heteroatoms. The number of ether oxygens (including phenoxy) is 3. The molecule has 0 radical (unpaired) electrons. The van der Waals surface area contributed by atoms with E-state index in [2.05, 4.69) is 130 Å². The number of rotatable bonds is 63. The monoisotopic (exact) mass is 1140 g/mol. The first-order chi connectivity index (χ1) is 40.5. The van der Waals surface area contributed by atoms with Gasteiger partial charge < -0.3 is 14.2 Å². The highest BCUT2D eigenvalue weighted by Crippen LogP contribution is 2.17. The van der Waals surface area contributed by atoms with Crippen LogP contribution < -0.4 is 0 Å². The topological polar surface area (TPSA) is 78.9 Å². The summed E-state index contributed by atoms with van der Waals surface area (Å²) >= 11 is 0. The van der Waals surface area contributed by atoms with Crippen LogP contribution in [0.1, 0.15) is 335 Å². The molecule has 82 heavy (non-hydrogen) atoms. The minimum Gasteiger partial charge on any atom is -0.462 e. The summed E-state index contributed by atoms with van der Waals surface area (Å²) in [5.41, 5.74) is 0.